The number of hydrogen-bond donors (Lipinski definition) is 2. The molecule has 3 rings (SSSR count). The van der Waals surface area contributed by atoms with Gasteiger partial charge in [0.25, 0.3) is 5.91 Å². The van der Waals surface area contributed by atoms with E-state index in [0.717, 1.165) is 11.3 Å². The molecule has 28 heavy (non-hydrogen) atoms. The number of halogens is 1. The van der Waals surface area contributed by atoms with Crippen LogP contribution < -0.4 is 10.6 Å². The summed E-state index contributed by atoms with van der Waals surface area (Å²) in [6.07, 6.45) is 1.47. The highest BCUT2D eigenvalue weighted by molar-refractivity contribution is 6.31. The number of anilines is 3. The fraction of sp³-hybridized carbons (Fsp3) is 0.0952. The fourth-order valence-electron chi connectivity index (χ4n) is 2.47. The van der Waals surface area contributed by atoms with Crippen LogP contribution in [0.2, 0.25) is 5.02 Å². The van der Waals surface area contributed by atoms with Crippen LogP contribution in [-0.2, 0) is 4.74 Å². The predicted molar refractivity (Wildman–Crippen MR) is 109 cm³/mol. The van der Waals surface area contributed by atoms with Crippen LogP contribution in [0, 0.1) is 6.92 Å². The van der Waals surface area contributed by atoms with Gasteiger partial charge in [0.05, 0.1) is 18.2 Å². The molecule has 0 unspecified atom stereocenters. The lowest BCUT2D eigenvalue weighted by Crippen LogP contribution is -2.13. The fourth-order valence-corrected chi connectivity index (χ4v) is 2.65. The van der Waals surface area contributed by atoms with Crippen molar-refractivity contribution in [1.29, 1.82) is 0 Å². The lowest BCUT2D eigenvalue weighted by molar-refractivity contribution is 0.0600. The van der Waals surface area contributed by atoms with Crippen molar-refractivity contribution in [2.24, 2.45) is 0 Å². The van der Waals surface area contributed by atoms with Crippen molar-refractivity contribution in [3.05, 3.63) is 82.5 Å². The molecule has 1 amide bonds. The van der Waals surface area contributed by atoms with Crippen molar-refractivity contribution in [2.45, 2.75) is 6.92 Å². The maximum atomic E-state index is 12.4. The third-order valence-electron chi connectivity index (χ3n) is 4.01. The Labute approximate surface area is 167 Å². The largest absolute Gasteiger partial charge is 0.465 e. The summed E-state index contributed by atoms with van der Waals surface area (Å²) in [7, 11) is 1.30. The average molecular weight is 396 g/mol. The summed E-state index contributed by atoms with van der Waals surface area (Å²) in [5.41, 5.74) is 3.03. The monoisotopic (exact) mass is 395 g/mol. The first kappa shape index (κ1) is 19.4. The van der Waals surface area contributed by atoms with Crippen LogP contribution >= 0.6 is 11.6 Å². The van der Waals surface area contributed by atoms with Crippen molar-refractivity contribution in [3.63, 3.8) is 0 Å². The molecule has 0 saturated heterocycles. The van der Waals surface area contributed by atoms with Crippen LogP contribution in [0.5, 0.6) is 0 Å². The Morgan fingerprint density at radius 1 is 1.00 bits per heavy atom. The maximum absolute atomic E-state index is 12.4. The number of esters is 1. The highest BCUT2D eigenvalue weighted by atomic mass is 35.5. The molecule has 0 radical (unpaired) electrons. The molecule has 142 valence electrons. The number of amides is 1. The molecule has 6 nitrogen and oxygen atoms in total. The lowest BCUT2D eigenvalue weighted by Gasteiger charge is -2.09. The minimum Gasteiger partial charge on any atom is -0.465 e. The molecule has 0 saturated carbocycles. The van der Waals surface area contributed by atoms with E-state index in [1.54, 1.807) is 36.4 Å². The van der Waals surface area contributed by atoms with Gasteiger partial charge in [-0.05, 0) is 55.0 Å². The minimum atomic E-state index is -0.468. The predicted octanol–water partition coefficient (Wildman–Crippen LogP) is 4.83. The Kier molecular flexibility index (Phi) is 5.91. The van der Waals surface area contributed by atoms with Crippen LogP contribution in [0.4, 0.5) is 17.2 Å². The van der Waals surface area contributed by atoms with Crippen LogP contribution in [0.3, 0.4) is 0 Å². The van der Waals surface area contributed by atoms with Gasteiger partial charge in [0.2, 0.25) is 0 Å². The molecule has 7 heteroatoms. The molecule has 3 aromatic rings. The van der Waals surface area contributed by atoms with Gasteiger partial charge in [0.15, 0.2) is 0 Å². The number of pyridine rings is 1. The molecule has 1 aromatic heterocycles. The summed E-state index contributed by atoms with van der Waals surface area (Å²) in [6.45, 7) is 1.93. The summed E-state index contributed by atoms with van der Waals surface area (Å²) in [6, 6.07) is 15.5. The zero-order valence-corrected chi connectivity index (χ0v) is 16.1. The van der Waals surface area contributed by atoms with Gasteiger partial charge in [-0.25, -0.2) is 9.78 Å². The topological polar surface area (TPSA) is 80.3 Å². The second kappa shape index (κ2) is 8.54. The minimum absolute atomic E-state index is 0.334. The molecule has 0 spiro atoms. The Bertz CT molecular complexity index is 1020. The summed E-state index contributed by atoms with van der Waals surface area (Å²) in [4.78, 5) is 28.3. The zero-order valence-electron chi connectivity index (χ0n) is 15.3. The number of aryl methyl sites for hydroxylation is 1. The van der Waals surface area contributed by atoms with Crippen molar-refractivity contribution in [2.75, 3.05) is 17.7 Å². The summed E-state index contributed by atoms with van der Waals surface area (Å²) in [5, 5.41) is 6.53. The molecule has 0 aliphatic rings. The van der Waals surface area contributed by atoms with E-state index in [4.69, 9.17) is 11.6 Å². The van der Waals surface area contributed by atoms with Gasteiger partial charge in [-0.3, -0.25) is 4.79 Å². The Morgan fingerprint density at radius 3 is 2.50 bits per heavy atom. The van der Waals surface area contributed by atoms with E-state index in [9.17, 15) is 9.59 Å². The molecule has 0 bridgehead atoms. The van der Waals surface area contributed by atoms with Crippen LogP contribution in [0.25, 0.3) is 0 Å². The molecule has 0 atom stereocenters. The quantitative estimate of drug-likeness (QED) is 0.605. The number of nitrogens with zero attached hydrogens (tertiary/aromatic N) is 1. The van der Waals surface area contributed by atoms with E-state index in [1.807, 2.05) is 25.1 Å². The normalized spacial score (nSPS) is 10.2. The van der Waals surface area contributed by atoms with E-state index >= 15 is 0 Å². The molecule has 0 aliphatic heterocycles. The highest BCUT2D eigenvalue weighted by Crippen LogP contribution is 2.22. The number of carbonyl (C=O) groups is 2. The third-order valence-corrected chi connectivity index (χ3v) is 4.42. The van der Waals surface area contributed by atoms with E-state index in [1.165, 1.54) is 13.3 Å². The Balaban J connectivity index is 1.68. The highest BCUT2D eigenvalue weighted by Gasteiger charge is 2.10. The van der Waals surface area contributed by atoms with Crippen LogP contribution in [-0.4, -0.2) is 24.0 Å². The first-order valence-electron chi connectivity index (χ1n) is 8.45. The Morgan fingerprint density at radius 2 is 1.82 bits per heavy atom. The van der Waals surface area contributed by atoms with Crippen molar-refractivity contribution in [3.8, 4) is 0 Å². The van der Waals surface area contributed by atoms with Crippen molar-refractivity contribution >= 4 is 40.7 Å². The summed E-state index contributed by atoms with van der Waals surface area (Å²) < 4.78 is 4.68. The molecular weight excluding hydrogens is 378 g/mol. The third kappa shape index (κ3) is 4.66. The van der Waals surface area contributed by atoms with Crippen LogP contribution in [0.1, 0.15) is 26.3 Å². The standard InChI is InChI=1S/C21H18ClN3O3/c1-13-6-8-17(11-18(13)22)24-19-9-7-15(12-23-19)20(26)25-16-5-3-4-14(10-16)21(27)28-2/h3-12H,1-2H3,(H,23,24)(H,25,26). The number of methoxy groups -OCH3 is 1. The number of hydrogen-bond acceptors (Lipinski definition) is 5. The van der Waals surface area contributed by atoms with Gasteiger partial charge >= 0.3 is 5.97 Å². The first-order chi connectivity index (χ1) is 13.5. The number of carbonyl (C=O) groups excluding carboxylic acids is 2. The average Bonchev–Trinajstić information content (AvgIpc) is 2.71. The second-order valence-electron chi connectivity index (χ2n) is 6.05. The van der Waals surface area contributed by atoms with Crippen LogP contribution in [0.15, 0.2) is 60.8 Å². The van der Waals surface area contributed by atoms with E-state index in [0.29, 0.717) is 27.7 Å². The SMILES string of the molecule is COC(=O)c1cccc(NC(=O)c2ccc(Nc3ccc(C)c(Cl)c3)nc2)c1. The Hall–Kier alpha value is -3.38. The van der Waals surface area contributed by atoms with Gasteiger partial charge in [0, 0.05) is 22.6 Å². The number of rotatable bonds is 5. The molecule has 0 aliphatic carbocycles. The van der Waals surface area contributed by atoms with Gasteiger partial charge in [-0.15, -0.1) is 0 Å². The van der Waals surface area contributed by atoms with E-state index in [2.05, 4.69) is 20.4 Å². The molecule has 2 aromatic carbocycles. The molecule has 2 N–H and O–H groups in total. The molecule has 0 fully saturated rings. The lowest BCUT2D eigenvalue weighted by atomic mass is 10.2. The number of benzene rings is 2. The van der Waals surface area contributed by atoms with E-state index < -0.39 is 5.97 Å². The van der Waals surface area contributed by atoms with Gasteiger partial charge in [0.1, 0.15) is 5.82 Å². The number of ether oxygens (including phenoxy) is 1. The number of nitrogens with one attached hydrogen (secondary N) is 2. The van der Waals surface area contributed by atoms with E-state index in [-0.39, 0.29) is 5.91 Å². The molecule has 1 heterocycles. The van der Waals surface area contributed by atoms with Gasteiger partial charge in [-0.1, -0.05) is 23.7 Å². The summed E-state index contributed by atoms with van der Waals surface area (Å²) >= 11 is 6.12. The second-order valence-corrected chi connectivity index (χ2v) is 6.45. The molecular formula is C21H18ClN3O3. The zero-order chi connectivity index (χ0) is 20.1. The van der Waals surface area contributed by atoms with Gasteiger partial charge < -0.3 is 15.4 Å². The van der Waals surface area contributed by atoms with Gasteiger partial charge in [-0.2, -0.15) is 0 Å². The smallest absolute Gasteiger partial charge is 0.337 e. The number of aromatic nitrogens is 1. The first-order valence-corrected chi connectivity index (χ1v) is 8.83. The van der Waals surface area contributed by atoms with Crippen molar-refractivity contribution < 1.29 is 14.3 Å². The van der Waals surface area contributed by atoms with Crippen molar-refractivity contribution in [1.82, 2.24) is 4.98 Å². The summed E-state index contributed by atoms with van der Waals surface area (Å²) in [5.74, 6) is -0.215. The maximum Gasteiger partial charge on any atom is 0.337 e.